The molecule has 0 amide bonds. The van der Waals surface area contributed by atoms with E-state index in [9.17, 15) is 8.42 Å². The molecule has 0 bridgehead atoms. The second-order valence-corrected chi connectivity index (χ2v) is 6.99. The van der Waals surface area contributed by atoms with Crippen molar-refractivity contribution in [3.63, 3.8) is 0 Å². The van der Waals surface area contributed by atoms with Crippen molar-refractivity contribution in [3.05, 3.63) is 29.3 Å². The molecule has 0 radical (unpaired) electrons. The number of hydrogen-bond acceptors (Lipinski definition) is 3. The fourth-order valence-corrected chi connectivity index (χ4v) is 3.49. The summed E-state index contributed by atoms with van der Waals surface area (Å²) in [5.41, 5.74) is 1.02. The molecule has 0 aromatic heterocycles. The van der Waals surface area contributed by atoms with Crippen molar-refractivity contribution in [1.82, 2.24) is 4.72 Å². The first-order valence-electron chi connectivity index (χ1n) is 7.51. The number of nitrogens with zero attached hydrogens (tertiary/aromatic N) is 1. The van der Waals surface area contributed by atoms with Gasteiger partial charge in [-0.1, -0.05) is 45.1 Å². The molecule has 0 aliphatic heterocycles. The molecule has 1 aromatic carbocycles. The number of unbranched alkanes of at least 4 members (excludes halogenated alkanes) is 5. The summed E-state index contributed by atoms with van der Waals surface area (Å²) in [5.74, 6) is 0. The maximum Gasteiger partial charge on any atom is 0.240 e. The van der Waals surface area contributed by atoms with Gasteiger partial charge in [-0.15, -0.1) is 0 Å². The van der Waals surface area contributed by atoms with Crippen molar-refractivity contribution in [2.75, 3.05) is 6.54 Å². The average Bonchev–Trinajstić information content (AvgIpc) is 2.46. The highest BCUT2D eigenvalue weighted by atomic mass is 32.2. The number of sulfonamides is 1. The molecule has 0 spiro atoms. The van der Waals surface area contributed by atoms with E-state index in [1.807, 2.05) is 6.07 Å². The lowest BCUT2D eigenvalue weighted by molar-refractivity contribution is 0.567. The summed E-state index contributed by atoms with van der Waals surface area (Å²) in [6, 6.07) is 6.69. The zero-order chi connectivity index (χ0) is 15.7. The van der Waals surface area contributed by atoms with E-state index in [4.69, 9.17) is 5.26 Å². The molecule has 0 unspecified atom stereocenters. The van der Waals surface area contributed by atoms with Crippen LogP contribution in [0.2, 0.25) is 0 Å². The van der Waals surface area contributed by atoms with Crippen LogP contribution >= 0.6 is 0 Å². The SMILES string of the molecule is CCCCCCCCNS(=O)(=O)c1cc(C#N)ccc1C. The first-order valence-corrected chi connectivity index (χ1v) is 9.00. The first kappa shape index (κ1) is 17.7. The largest absolute Gasteiger partial charge is 0.240 e. The number of hydrogen-bond donors (Lipinski definition) is 1. The van der Waals surface area contributed by atoms with Gasteiger partial charge in [0.15, 0.2) is 0 Å². The Labute approximate surface area is 128 Å². The first-order chi connectivity index (χ1) is 10.0. The Balaban J connectivity index is 2.53. The Kier molecular flexibility index (Phi) is 7.41. The van der Waals surface area contributed by atoms with Crippen LogP contribution in [-0.4, -0.2) is 15.0 Å². The molecule has 0 saturated carbocycles. The summed E-state index contributed by atoms with van der Waals surface area (Å²) in [6.45, 7) is 4.36. The minimum Gasteiger partial charge on any atom is -0.211 e. The Morgan fingerprint density at radius 2 is 1.81 bits per heavy atom. The van der Waals surface area contributed by atoms with Crippen LogP contribution < -0.4 is 4.72 Å². The molecular formula is C16H24N2O2S. The minimum atomic E-state index is -3.52. The normalized spacial score (nSPS) is 11.3. The van der Waals surface area contributed by atoms with E-state index in [0.717, 1.165) is 19.3 Å². The fourth-order valence-electron chi connectivity index (χ4n) is 2.15. The monoisotopic (exact) mass is 308 g/mol. The maximum absolute atomic E-state index is 12.2. The fraction of sp³-hybridized carbons (Fsp3) is 0.562. The molecule has 4 nitrogen and oxygen atoms in total. The van der Waals surface area contributed by atoms with Crippen LogP contribution in [-0.2, 0) is 10.0 Å². The molecule has 0 heterocycles. The third kappa shape index (κ3) is 5.86. The molecule has 0 atom stereocenters. The maximum atomic E-state index is 12.2. The van der Waals surface area contributed by atoms with Crippen molar-refractivity contribution >= 4 is 10.0 Å². The Hall–Kier alpha value is -1.38. The Bertz CT molecular complexity index is 589. The molecule has 5 heteroatoms. The van der Waals surface area contributed by atoms with Gasteiger partial charge in [-0.3, -0.25) is 0 Å². The lowest BCUT2D eigenvalue weighted by Crippen LogP contribution is -2.25. The van der Waals surface area contributed by atoms with E-state index in [1.165, 1.54) is 25.3 Å². The standard InChI is InChI=1S/C16H24N2O2S/c1-3-4-5-6-7-8-11-18-21(19,20)16-12-15(13-17)10-9-14(16)2/h9-10,12,18H,3-8,11H2,1-2H3. The van der Waals surface area contributed by atoms with Gasteiger partial charge >= 0.3 is 0 Å². The predicted octanol–water partition coefficient (Wildman–Crippen LogP) is 3.51. The zero-order valence-electron chi connectivity index (χ0n) is 12.9. The van der Waals surface area contributed by atoms with Crippen LogP contribution in [0.4, 0.5) is 0 Å². The van der Waals surface area contributed by atoms with Crippen LogP contribution in [0.3, 0.4) is 0 Å². The zero-order valence-corrected chi connectivity index (χ0v) is 13.7. The minimum absolute atomic E-state index is 0.201. The van der Waals surface area contributed by atoms with Crippen LogP contribution in [0, 0.1) is 18.3 Å². The summed E-state index contributed by atoms with van der Waals surface area (Å²) in [6.07, 6.45) is 6.71. The second kappa shape index (κ2) is 8.81. The van der Waals surface area contributed by atoms with Crippen molar-refractivity contribution in [2.45, 2.75) is 57.3 Å². The van der Waals surface area contributed by atoms with Crippen molar-refractivity contribution in [1.29, 1.82) is 5.26 Å². The van der Waals surface area contributed by atoms with Gasteiger partial charge in [-0.2, -0.15) is 5.26 Å². The van der Waals surface area contributed by atoms with Gasteiger partial charge in [0, 0.05) is 6.54 Å². The highest BCUT2D eigenvalue weighted by molar-refractivity contribution is 7.89. The van der Waals surface area contributed by atoms with Crippen molar-refractivity contribution in [3.8, 4) is 6.07 Å². The molecule has 0 aliphatic rings. The lowest BCUT2D eigenvalue weighted by Gasteiger charge is -2.09. The van der Waals surface area contributed by atoms with Gasteiger partial charge in [0.1, 0.15) is 0 Å². The van der Waals surface area contributed by atoms with Gasteiger partial charge < -0.3 is 0 Å². The quantitative estimate of drug-likeness (QED) is 0.710. The number of benzene rings is 1. The molecule has 0 aliphatic carbocycles. The van der Waals surface area contributed by atoms with E-state index in [1.54, 1.807) is 19.1 Å². The van der Waals surface area contributed by atoms with E-state index in [0.29, 0.717) is 17.7 Å². The van der Waals surface area contributed by atoms with E-state index < -0.39 is 10.0 Å². The summed E-state index contributed by atoms with van der Waals surface area (Å²) in [5, 5.41) is 8.87. The second-order valence-electron chi connectivity index (χ2n) is 5.26. The number of nitriles is 1. The molecule has 0 saturated heterocycles. The number of rotatable bonds is 9. The highest BCUT2D eigenvalue weighted by Crippen LogP contribution is 2.16. The predicted molar refractivity (Wildman–Crippen MR) is 84.5 cm³/mol. The molecule has 0 fully saturated rings. The van der Waals surface area contributed by atoms with E-state index in [2.05, 4.69) is 11.6 Å². The summed E-state index contributed by atoms with van der Waals surface area (Å²) in [7, 11) is -3.52. The average molecular weight is 308 g/mol. The van der Waals surface area contributed by atoms with Gasteiger partial charge in [-0.25, -0.2) is 13.1 Å². The smallest absolute Gasteiger partial charge is 0.211 e. The van der Waals surface area contributed by atoms with Gasteiger partial charge in [0.25, 0.3) is 0 Å². The van der Waals surface area contributed by atoms with Gasteiger partial charge in [0.05, 0.1) is 16.5 Å². The highest BCUT2D eigenvalue weighted by Gasteiger charge is 2.16. The lowest BCUT2D eigenvalue weighted by atomic mass is 10.1. The molecule has 116 valence electrons. The van der Waals surface area contributed by atoms with Gasteiger partial charge in [-0.05, 0) is 31.0 Å². The molecule has 1 N–H and O–H groups in total. The van der Waals surface area contributed by atoms with Crippen LogP contribution in [0.5, 0.6) is 0 Å². The Morgan fingerprint density at radius 3 is 2.48 bits per heavy atom. The van der Waals surface area contributed by atoms with E-state index >= 15 is 0 Å². The summed E-state index contributed by atoms with van der Waals surface area (Å²) >= 11 is 0. The van der Waals surface area contributed by atoms with Crippen LogP contribution in [0.25, 0.3) is 0 Å². The Morgan fingerprint density at radius 1 is 1.14 bits per heavy atom. The molecule has 21 heavy (non-hydrogen) atoms. The summed E-state index contributed by atoms with van der Waals surface area (Å²) < 4.78 is 27.1. The summed E-state index contributed by atoms with van der Waals surface area (Å²) in [4.78, 5) is 0.201. The van der Waals surface area contributed by atoms with E-state index in [-0.39, 0.29) is 4.90 Å². The molecule has 1 aromatic rings. The molecular weight excluding hydrogens is 284 g/mol. The van der Waals surface area contributed by atoms with Crippen LogP contribution in [0.1, 0.15) is 56.6 Å². The number of aryl methyl sites for hydroxylation is 1. The third-order valence-corrected chi connectivity index (χ3v) is 5.03. The van der Waals surface area contributed by atoms with Gasteiger partial charge in [0.2, 0.25) is 10.0 Å². The topological polar surface area (TPSA) is 70.0 Å². The van der Waals surface area contributed by atoms with Crippen molar-refractivity contribution in [2.24, 2.45) is 0 Å². The number of nitrogens with one attached hydrogen (secondary N) is 1. The third-order valence-electron chi connectivity index (χ3n) is 3.43. The van der Waals surface area contributed by atoms with Crippen LogP contribution in [0.15, 0.2) is 23.1 Å². The van der Waals surface area contributed by atoms with Crippen molar-refractivity contribution < 1.29 is 8.42 Å². The molecule has 1 rings (SSSR count).